The second-order valence-corrected chi connectivity index (χ2v) is 6.02. The van der Waals surface area contributed by atoms with Crippen molar-refractivity contribution < 1.29 is 9.53 Å². The van der Waals surface area contributed by atoms with Crippen LogP contribution in [0.4, 0.5) is 0 Å². The first-order chi connectivity index (χ1) is 8.64. The molecule has 2 aliphatic rings. The van der Waals surface area contributed by atoms with Crippen molar-refractivity contribution in [1.82, 2.24) is 10.6 Å². The predicted molar refractivity (Wildman–Crippen MR) is 71.4 cm³/mol. The van der Waals surface area contributed by atoms with E-state index in [-0.39, 0.29) is 23.3 Å². The lowest BCUT2D eigenvalue weighted by Gasteiger charge is -2.34. The molecular weight excluding hydrogens is 228 g/mol. The summed E-state index contributed by atoms with van der Waals surface area (Å²) in [5, 5.41) is 6.55. The molecular formula is C14H26N2O2. The highest BCUT2D eigenvalue weighted by Gasteiger charge is 2.34. The van der Waals surface area contributed by atoms with Crippen LogP contribution in [0.3, 0.4) is 0 Å². The van der Waals surface area contributed by atoms with E-state index in [2.05, 4.69) is 24.5 Å². The van der Waals surface area contributed by atoms with Crippen LogP contribution in [0.1, 0.15) is 39.5 Å². The molecule has 3 unspecified atom stereocenters. The molecule has 0 spiro atoms. The summed E-state index contributed by atoms with van der Waals surface area (Å²) in [6, 6.07) is 0. The number of carbonyl (C=O) groups excluding carboxylic acids is 1. The minimum Gasteiger partial charge on any atom is -0.377 e. The average molecular weight is 254 g/mol. The first-order valence-corrected chi connectivity index (χ1v) is 7.25. The Kier molecular flexibility index (Phi) is 4.62. The van der Waals surface area contributed by atoms with Crippen molar-refractivity contribution in [2.45, 2.75) is 45.6 Å². The largest absolute Gasteiger partial charge is 0.377 e. The number of piperidine rings is 1. The maximum atomic E-state index is 12.2. The number of carbonyl (C=O) groups is 1. The smallest absolute Gasteiger partial charge is 0.225 e. The van der Waals surface area contributed by atoms with Crippen LogP contribution in [-0.4, -0.2) is 38.3 Å². The van der Waals surface area contributed by atoms with Gasteiger partial charge in [0.25, 0.3) is 0 Å². The van der Waals surface area contributed by atoms with E-state index >= 15 is 0 Å². The standard InChI is InChI=1S/C14H26N2O2/c1-3-12-11(5-8-18-12)13(17)16-10-14(2)6-4-7-15-9-14/h11-12,15H,3-10H2,1-2H3,(H,16,17). The number of hydrogen-bond acceptors (Lipinski definition) is 3. The zero-order valence-corrected chi connectivity index (χ0v) is 11.6. The topological polar surface area (TPSA) is 50.4 Å². The van der Waals surface area contributed by atoms with E-state index in [1.165, 1.54) is 12.8 Å². The van der Waals surface area contributed by atoms with Crippen molar-refractivity contribution >= 4 is 5.91 Å². The number of hydrogen-bond donors (Lipinski definition) is 2. The van der Waals surface area contributed by atoms with E-state index in [0.717, 1.165) is 39.1 Å². The molecule has 0 aromatic heterocycles. The summed E-state index contributed by atoms with van der Waals surface area (Å²) in [6.07, 6.45) is 4.33. The van der Waals surface area contributed by atoms with E-state index in [9.17, 15) is 4.79 Å². The van der Waals surface area contributed by atoms with Crippen LogP contribution < -0.4 is 10.6 Å². The third-order valence-corrected chi connectivity index (χ3v) is 4.32. The van der Waals surface area contributed by atoms with Gasteiger partial charge in [-0.15, -0.1) is 0 Å². The second kappa shape index (κ2) is 6.02. The normalized spacial score (nSPS) is 36.6. The summed E-state index contributed by atoms with van der Waals surface area (Å²) >= 11 is 0. The van der Waals surface area contributed by atoms with Gasteiger partial charge in [-0.2, -0.15) is 0 Å². The lowest BCUT2D eigenvalue weighted by atomic mass is 9.82. The monoisotopic (exact) mass is 254 g/mol. The highest BCUT2D eigenvalue weighted by molar-refractivity contribution is 5.79. The summed E-state index contributed by atoms with van der Waals surface area (Å²) in [7, 11) is 0. The Balaban J connectivity index is 1.80. The van der Waals surface area contributed by atoms with Gasteiger partial charge in [-0.1, -0.05) is 13.8 Å². The van der Waals surface area contributed by atoms with Gasteiger partial charge < -0.3 is 15.4 Å². The minimum absolute atomic E-state index is 0.0650. The summed E-state index contributed by atoms with van der Waals surface area (Å²) in [5.74, 6) is 0.251. The maximum Gasteiger partial charge on any atom is 0.225 e. The van der Waals surface area contributed by atoms with Gasteiger partial charge in [0, 0.05) is 19.7 Å². The van der Waals surface area contributed by atoms with Gasteiger partial charge >= 0.3 is 0 Å². The fraction of sp³-hybridized carbons (Fsp3) is 0.929. The fourth-order valence-corrected chi connectivity index (χ4v) is 3.05. The summed E-state index contributed by atoms with van der Waals surface area (Å²) in [6.45, 7) is 7.97. The van der Waals surface area contributed by atoms with Gasteiger partial charge in [0.05, 0.1) is 12.0 Å². The molecule has 0 radical (unpaired) electrons. The molecule has 2 saturated heterocycles. The van der Waals surface area contributed by atoms with Crippen molar-refractivity contribution in [3.63, 3.8) is 0 Å². The molecule has 2 heterocycles. The van der Waals surface area contributed by atoms with Gasteiger partial charge in [0.15, 0.2) is 0 Å². The zero-order chi connectivity index (χ0) is 13.0. The van der Waals surface area contributed by atoms with Gasteiger partial charge in [0.1, 0.15) is 0 Å². The molecule has 0 saturated carbocycles. The fourth-order valence-electron chi connectivity index (χ4n) is 3.05. The average Bonchev–Trinajstić information content (AvgIpc) is 2.85. The van der Waals surface area contributed by atoms with Crippen LogP contribution in [0.15, 0.2) is 0 Å². The lowest BCUT2D eigenvalue weighted by molar-refractivity contribution is -0.127. The molecule has 2 aliphatic heterocycles. The first-order valence-electron chi connectivity index (χ1n) is 7.25. The molecule has 0 aromatic rings. The third-order valence-electron chi connectivity index (χ3n) is 4.32. The number of nitrogens with one attached hydrogen (secondary N) is 2. The number of ether oxygens (including phenoxy) is 1. The van der Waals surface area contributed by atoms with Crippen molar-refractivity contribution in [2.24, 2.45) is 11.3 Å². The van der Waals surface area contributed by atoms with Crippen molar-refractivity contribution in [1.29, 1.82) is 0 Å². The highest BCUT2D eigenvalue weighted by atomic mass is 16.5. The van der Waals surface area contributed by atoms with E-state index in [1.807, 2.05) is 0 Å². The number of rotatable bonds is 4. The molecule has 0 aliphatic carbocycles. The lowest BCUT2D eigenvalue weighted by Crippen LogP contribution is -2.47. The summed E-state index contributed by atoms with van der Waals surface area (Å²) in [4.78, 5) is 12.2. The highest BCUT2D eigenvalue weighted by Crippen LogP contribution is 2.26. The van der Waals surface area contributed by atoms with E-state index < -0.39 is 0 Å². The summed E-state index contributed by atoms with van der Waals surface area (Å²) in [5.41, 5.74) is 0.217. The van der Waals surface area contributed by atoms with Gasteiger partial charge in [-0.3, -0.25) is 4.79 Å². The van der Waals surface area contributed by atoms with Crippen molar-refractivity contribution in [2.75, 3.05) is 26.2 Å². The van der Waals surface area contributed by atoms with Crippen molar-refractivity contribution in [3.05, 3.63) is 0 Å². The van der Waals surface area contributed by atoms with Crippen LogP contribution in [0.5, 0.6) is 0 Å². The Morgan fingerprint density at radius 1 is 1.56 bits per heavy atom. The van der Waals surface area contributed by atoms with E-state index in [0.29, 0.717) is 0 Å². The molecule has 4 heteroatoms. The molecule has 18 heavy (non-hydrogen) atoms. The van der Waals surface area contributed by atoms with E-state index in [4.69, 9.17) is 4.74 Å². The van der Waals surface area contributed by atoms with Gasteiger partial charge in [-0.25, -0.2) is 0 Å². The van der Waals surface area contributed by atoms with Crippen LogP contribution >= 0.6 is 0 Å². The van der Waals surface area contributed by atoms with Gasteiger partial charge in [0.2, 0.25) is 5.91 Å². The molecule has 4 nitrogen and oxygen atoms in total. The SMILES string of the molecule is CCC1OCCC1C(=O)NCC1(C)CCCNC1. The quantitative estimate of drug-likeness (QED) is 0.795. The Labute approximate surface area is 110 Å². The molecule has 3 atom stereocenters. The Bertz CT molecular complexity index is 288. The van der Waals surface area contributed by atoms with E-state index in [1.54, 1.807) is 0 Å². The Hall–Kier alpha value is -0.610. The first kappa shape index (κ1) is 13.8. The zero-order valence-electron chi connectivity index (χ0n) is 11.6. The van der Waals surface area contributed by atoms with Crippen LogP contribution in [0, 0.1) is 11.3 Å². The molecule has 104 valence electrons. The van der Waals surface area contributed by atoms with Gasteiger partial charge in [-0.05, 0) is 37.6 Å². The third kappa shape index (κ3) is 3.23. The van der Waals surface area contributed by atoms with Crippen LogP contribution in [0.25, 0.3) is 0 Å². The maximum absolute atomic E-state index is 12.2. The molecule has 0 bridgehead atoms. The predicted octanol–water partition coefficient (Wildman–Crippen LogP) is 1.31. The van der Waals surface area contributed by atoms with Crippen LogP contribution in [-0.2, 0) is 9.53 Å². The molecule has 0 aromatic carbocycles. The Morgan fingerprint density at radius 2 is 2.39 bits per heavy atom. The van der Waals surface area contributed by atoms with Crippen molar-refractivity contribution in [3.8, 4) is 0 Å². The minimum atomic E-state index is 0.0650. The molecule has 2 rings (SSSR count). The summed E-state index contributed by atoms with van der Waals surface area (Å²) < 4.78 is 5.58. The molecule has 2 N–H and O–H groups in total. The van der Waals surface area contributed by atoms with Crippen LogP contribution in [0.2, 0.25) is 0 Å². The molecule has 1 amide bonds. The Morgan fingerprint density at radius 3 is 3.06 bits per heavy atom. The number of amides is 1. The second-order valence-electron chi connectivity index (χ2n) is 6.02. The molecule has 2 fully saturated rings.